The van der Waals surface area contributed by atoms with Crippen LogP contribution in [0.25, 0.3) is 0 Å². The van der Waals surface area contributed by atoms with E-state index in [1.54, 1.807) is 49.7 Å². The molecular formula is C13H13ClN2O2. The quantitative estimate of drug-likeness (QED) is 0.927. The molecule has 0 atom stereocenters. The number of aromatic nitrogens is 1. The first-order chi connectivity index (χ1) is 8.29. The van der Waals surface area contributed by atoms with Gasteiger partial charge in [-0.15, -0.1) is 12.4 Å². The molecule has 2 aromatic rings. The van der Waals surface area contributed by atoms with Crippen LogP contribution in [0.1, 0.15) is 10.4 Å². The number of carbonyl (C=O) groups excluding carboxylic acids is 1. The molecule has 2 rings (SSSR count). The standard InChI is InChI=1S/C13H12N2O2.ClH/c1-17-12-6-4-11(5-7-12)15-13(16)10-3-2-8-14-9-10;/h2-9H,1H3,(H,15,16);1H. The van der Waals surface area contributed by atoms with Gasteiger partial charge in [0.25, 0.3) is 5.91 Å². The number of carbonyl (C=O) groups is 1. The van der Waals surface area contributed by atoms with Crippen LogP contribution in [0, 0.1) is 0 Å². The van der Waals surface area contributed by atoms with Gasteiger partial charge in [0, 0.05) is 18.1 Å². The molecule has 1 aromatic heterocycles. The first-order valence-electron chi connectivity index (χ1n) is 5.15. The second kappa shape index (κ2) is 6.61. The Hall–Kier alpha value is -2.07. The number of halogens is 1. The van der Waals surface area contributed by atoms with Crippen LogP contribution in [0.3, 0.4) is 0 Å². The second-order valence-corrected chi connectivity index (χ2v) is 3.42. The van der Waals surface area contributed by atoms with E-state index in [0.717, 1.165) is 11.4 Å². The third-order valence-electron chi connectivity index (χ3n) is 2.27. The van der Waals surface area contributed by atoms with E-state index < -0.39 is 0 Å². The van der Waals surface area contributed by atoms with Crippen molar-refractivity contribution in [3.05, 3.63) is 54.4 Å². The highest BCUT2D eigenvalue weighted by Gasteiger charge is 2.05. The van der Waals surface area contributed by atoms with Crippen LogP contribution in [-0.4, -0.2) is 18.0 Å². The van der Waals surface area contributed by atoms with Gasteiger partial charge in [-0.05, 0) is 36.4 Å². The Morgan fingerprint density at radius 3 is 2.50 bits per heavy atom. The van der Waals surface area contributed by atoms with Gasteiger partial charge in [-0.1, -0.05) is 0 Å². The number of ether oxygens (including phenoxy) is 1. The average Bonchev–Trinajstić information content (AvgIpc) is 2.40. The summed E-state index contributed by atoms with van der Waals surface area (Å²) in [5.41, 5.74) is 1.25. The summed E-state index contributed by atoms with van der Waals surface area (Å²) in [5.74, 6) is 0.577. The molecule has 4 nitrogen and oxygen atoms in total. The number of hydrogen-bond acceptors (Lipinski definition) is 3. The summed E-state index contributed by atoms with van der Waals surface area (Å²) in [6, 6.07) is 10.6. The fourth-order valence-corrected chi connectivity index (χ4v) is 1.37. The van der Waals surface area contributed by atoms with Crippen molar-refractivity contribution in [3.63, 3.8) is 0 Å². The number of hydrogen-bond donors (Lipinski definition) is 1. The number of amides is 1. The van der Waals surface area contributed by atoms with Crippen molar-refractivity contribution in [2.45, 2.75) is 0 Å². The minimum Gasteiger partial charge on any atom is -0.497 e. The number of nitrogens with zero attached hydrogens (tertiary/aromatic N) is 1. The molecule has 0 saturated carbocycles. The van der Waals surface area contributed by atoms with E-state index >= 15 is 0 Å². The predicted molar refractivity (Wildman–Crippen MR) is 72.4 cm³/mol. The molecule has 0 fully saturated rings. The minimum absolute atomic E-state index is 0. The van der Waals surface area contributed by atoms with Crippen molar-refractivity contribution in [2.75, 3.05) is 12.4 Å². The van der Waals surface area contributed by atoms with Gasteiger partial charge in [-0.2, -0.15) is 0 Å². The monoisotopic (exact) mass is 264 g/mol. The molecule has 0 unspecified atom stereocenters. The molecule has 0 spiro atoms. The van der Waals surface area contributed by atoms with Crippen molar-refractivity contribution >= 4 is 24.0 Å². The minimum atomic E-state index is -0.178. The van der Waals surface area contributed by atoms with Crippen molar-refractivity contribution in [3.8, 4) is 5.75 Å². The SMILES string of the molecule is COc1ccc(NC(=O)c2cccnc2)cc1.Cl. The summed E-state index contributed by atoms with van der Waals surface area (Å²) in [4.78, 5) is 15.7. The van der Waals surface area contributed by atoms with Crippen LogP contribution in [0.15, 0.2) is 48.8 Å². The van der Waals surface area contributed by atoms with Gasteiger partial charge in [0.05, 0.1) is 12.7 Å². The Morgan fingerprint density at radius 1 is 1.22 bits per heavy atom. The van der Waals surface area contributed by atoms with Crippen LogP contribution >= 0.6 is 12.4 Å². The lowest BCUT2D eigenvalue weighted by Crippen LogP contribution is -2.11. The zero-order valence-corrected chi connectivity index (χ0v) is 10.6. The van der Waals surface area contributed by atoms with E-state index in [-0.39, 0.29) is 18.3 Å². The molecule has 0 aliphatic carbocycles. The molecule has 94 valence electrons. The maximum atomic E-state index is 11.8. The highest BCUT2D eigenvalue weighted by Crippen LogP contribution is 2.15. The Bertz CT molecular complexity index is 500. The first kappa shape index (κ1) is 14.0. The molecule has 0 bridgehead atoms. The molecule has 0 aliphatic heterocycles. The molecule has 1 N–H and O–H groups in total. The van der Waals surface area contributed by atoms with E-state index in [0.29, 0.717) is 5.56 Å². The van der Waals surface area contributed by atoms with Gasteiger partial charge < -0.3 is 10.1 Å². The lowest BCUT2D eigenvalue weighted by atomic mass is 10.2. The van der Waals surface area contributed by atoms with Crippen molar-refractivity contribution in [1.29, 1.82) is 0 Å². The average molecular weight is 265 g/mol. The third-order valence-corrected chi connectivity index (χ3v) is 2.27. The molecule has 1 aromatic carbocycles. The maximum absolute atomic E-state index is 11.8. The normalized spacial score (nSPS) is 9.17. The molecule has 18 heavy (non-hydrogen) atoms. The molecule has 0 radical (unpaired) electrons. The van der Waals surface area contributed by atoms with Crippen molar-refractivity contribution in [2.24, 2.45) is 0 Å². The molecule has 5 heteroatoms. The summed E-state index contributed by atoms with van der Waals surface area (Å²) in [6.07, 6.45) is 3.16. The first-order valence-corrected chi connectivity index (χ1v) is 5.15. The lowest BCUT2D eigenvalue weighted by Gasteiger charge is -2.05. The van der Waals surface area contributed by atoms with Crippen molar-refractivity contribution in [1.82, 2.24) is 4.98 Å². The van der Waals surface area contributed by atoms with E-state index in [9.17, 15) is 4.79 Å². The number of nitrogens with one attached hydrogen (secondary N) is 1. The van der Waals surface area contributed by atoms with E-state index in [1.165, 1.54) is 6.20 Å². The molecular weight excluding hydrogens is 252 g/mol. The largest absolute Gasteiger partial charge is 0.497 e. The molecule has 1 heterocycles. The van der Waals surface area contributed by atoms with Gasteiger partial charge in [0.15, 0.2) is 0 Å². The van der Waals surface area contributed by atoms with Gasteiger partial charge >= 0.3 is 0 Å². The van der Waals surface area contributed by atoms with E-state index in [2.05, 4.69) is 10.3 Å². The van der Waals surface area contributed by atoms with Crippen LogP contribution in [0.5, 0.6) is 5.75 Å². The summed E-state index contributed by atoms with van der Waals surface area (Å²) in [5, 5.41) is 2.78. The summed E-state index contributed by atoms with van der Waals surface area (Å²) >= 11 is 0. The van der Waals surface area contributed by atoms with Gasteiger partial charge in [0.1, 0.15) is 5.75 Å². The van der Waals surface area contributed by atoms with Crippen LogP contribution < -0.4 is 10.1 Å². The van der Waals surface area contributed by atoms with Gasteiger partial charge in [-0.3, -0.25) is 9.78 Å². The number of benzene rings is 1. The summed E-state index contributed by atoms with van der Waals surface area (Å²) in [6.45, 7) is 0. The highest BCUT2D eigenvalue weighted by atomic mass is 35.5. The van der Waals surface area contributed by atoms with Gasteiger partial charge in [-0.25, -0.2) is 0 Å². The smallest absolute Gasteiger partial charge is 0.257 e. The Balaban J connectivity index is 0.00000162. The van der Waals surface area contributed by atoms with Crippen LogP contribution in [0.2, 0.25) is 0 Å². The van der Waals surface area contributed by atoms with Gasteiger partial charge in [0.2, 0.25) is 0 Å². The topological polar surface area (TPSA) is 51.2 Å². The Morgan fingerprint density at radius 2 is 1.94 bits per heavy atom. The predicted octanol–water partition coefficient (Wildman–Crippen LogP) is 2.76. The van der Waals surface area contributed by atoms with E-state index in [1.807, 2.05) is 0 Å². The zero-order chi connectivity index (χ0) is 12.1. The molecule has 0 saturated heterocycles. The number of anilines is 1. The number of pyridine rings is 1. The summed E-state index contributed by atoms with van der Waals surface area (Å²) < 4.78 is 5.04. The van der Waals surface area contributed by atoms with E-state index in [4.69, 9.17) is 4.74 Å². The number of rotatable bonds is 3. The van der Waals surface area contributed by atoms with Crippen molar-refractivity contribution < 1.29 is 9.53 Å². The Kier molecular flexibility index (Phi) is 5.14. The fraction of sp³-hybridized carbons (Fsp3) is 0.0769. The zero-order valence-electron chi connectivity index (χ0n) is 9.79. The third kappa shape index (κ3) is 3.46. The summed E-state index contributed by atoms with van der Waals surface area (Å²) in [7, 11) is 1.60. The second-order valence-electron chi connectivity index (χ2n) is 3.42. The number of methoxy groups -OCH3 is 1. The molecule has 1 amide bonds. The van der Waals surface area contributed by atoms with Crippen LogP contribution in [-0.2, 0) is 0 Å². The Labute approximate surface area is 111 Å². The fourth-order valence-electron chi connectivity index (χ4n) is 1.37. The van der Waals surface area contributed by atoms with Crippen LogP contribution in [0.4, 0.5) is 5.69 Å². The lowest BCUT2D eigenvalue weighted by molar-refractivity contribution is 0.102. The molecule has 0 aliphatic rings. The highest BCUT2D eigenvalue weighted by molar-refractivity contribution is 6.04. The maximum Gasteiger partial charge on any atom is 0.257 e.